The Kier molecular flexibility index (Phi) is 7.09. The van der Waals surface area contributed by atoms with Gasteiger partial charge in [0.25, 0.3) is 0 Å². The molecule has 2 aromatic carbocycles. The second-order valence-corrected chi connectivity index (χ2v) is 8.66. The maximum atomic E-state index is 12.5. The lowest BCUT2D eigenvalue weighted by atomic mass is 10.1. The second-order valence-electron chi connectivity index (χ2n) is 7.72. The highest BCUT2D eigenvalue weighted by atomic mass is 32.2. The summed E-state index contributed by atoms with van der Waals surface area (Å²) >= 11 is 1.43. The average molecular weight is 409 g/mol. The van der Waals surface area contributed by atoms with Crippen molar-refractivity contribution in [3.8, 4) is 0 Å². The van der Waals surface area contributed by atoms with E-state index in [0.717, 1.165) is 35.2 Å². The first-order chi connectivity index (χ1) is 13.9. The number of hydrogen-bond acceptors (Lipinski definition) is 4. The molecule has 0 saturated carbocycles. The van der Waals surface area contributed by atoms with Crippen molar-refractivity contribution in [3.63, 3.8) is 0 Å². The van der Waals surface area contributed by atoms with Crippen molar-refractivity contribution in [3.05, 3.63) is 71.0 Å². The molecule has 3 aromatic rings. The summed E-state index contributed by atoms with van der Waals surface area (Å²) in [5.41, 5.74) is 4.31. The maximum Gasteiger partial charge on any atom is 0.234 e. The molecule has 152 valence electrons. The van der Waals surface area contributed by atoms with Crippen LogP contribution in [0, 0.1) is 19.8 Å². The van der Waals surface area contributed by atoms with Gasteiger partial charge in [0.15, 0.2) is 5.16 Å². The van der Waals surface area contributed by atoms with Crippen LogP contribution in [0.2, 0.25) is 0 Å². The Bertz CT molecular complexity index is 966. The number of thioether (sulfide) groups is 1. The fourth-order valence-electron chi connectivity index (χ4n) is 3.15. The normalized spacial score (nSPS) is 11.1. The zero-order valence-corrected chi connectivity index (χ0v) is 18.3. The Morgan fingerprint density at radius 1 is 1.10 bits per heavy atom. The van der Waals surface area contributed by atoms with Crippen LogP contribution in [0.25, 0.3) is 0 Å². The van der Waals surface area contributed by atoms with Gasteiger partial charge in [-0.05, 0) is 37.0 Å². The van der Waals surface area contributed by atoms with Crippen LogP contribution in [0.4, 0.5) is 5.69 Å². The molecule has 0 spiro atoms. The molecule has 1 N–H and O–H groups in total. The molecule has 0 aliphatic heterocycles. The third-order valence-corrected chi connectivity index (χ3v) is 5.50. The van der Waals surface area contributed by atoms with Crippen LogP contribution < -0.4 is 5.32 Å². The standard InChI is InChI=1S/C23H28N4OS/c1-16(2)14-27-21(13-19-8-6-5-7-9-19)25-26-23(27)29-15-22(28)24-20-11-10-17(3)12-18(20)4/h5-12,16H,13-15H2,1-4H3,(H,24,28). The van der Waals surface area contributed by atoms with Crippen LogP contribution in [-0.2, 0) is 17.8 Å². The van der Waals surface area contributed by atoms with Crippen LogP contribution in [0.15, 0.2) is 53.7 Å². The lowest BCUT2D eigenvalue weighted by Crippen LogP contribution is -2.16. The number of aromatic nitrogens is 3. The number of hydrogen-bond donors (Lipinski definition) is 1. The van der Waals surface area contributed by atoms with Gasteiger partial charge >= 0.3 is 0 Å². The molecular weight excluding hydrogens is 380 g/mol. The van der Waals surface area contributed by atoms with E-state index in [0.29, 0.717) is 11.7 Å². The average Bonchev–Trinajstić information content (AvgIpc) is 3.04. The van der Waals surface area contributed by atoms with E-state index >= 15 is 0 Å². The largest absolute Gasteiger partial charge is 0.325 e. The Morgan fingerprint density at radius 3 is 2.55 bits per heavy atom. The lowest BCUT2D eigenvalue weighted by molar-refractivity contribution is -0.113. The molecule has 1 heterocycles. The molecule has 0 aliphatic carbocycles. The van der Waals surface area contributed by atoms with Gasteiger partial charge in [-0.25, -0.2) is 0 Å². The van der Waals surface area contributed by atoms with Gasteiger partial charge < -0.3 is 9.88 Å². The van der Waals surface area contributed by atoms with Gasteiger partial charge in [-0.3, -0.25) is 4.79 Å². The number of rotatable bonds is 8. The fourth-order valence-corrected chi connectivity index (χ4v) is 3.92. The SMILES string of the molecule is Cc1ccc(NC(=O)CSc2nnc(Cc3ccccc3)n2CC(C)C)c(C)c1. The van der Waals surface area contributed by atoms with Crippen LogP contribution >= 0.6 is 11.8 Å². The number of amides is 1. The van der Waals surface area contributed by atoms with Gasteiger partial charge in [0.2, 0.25) is 5.91 Å². The number of carbonyl (C=O) groups is 1. The van der Waals surface area contributed by atoms with Crippen molar-refractivity contribution in [2.24, 2.45) is 5.92 Å². The van der Waals surface area contributed by atoms with Gasteiger partial charge in [-0.15, -0.1) is 10.2 Å². The number of aryl methyl sites for hydroxylation is 2. The molecule has 0 fully saturated rings. The zero-order valence-electron chi connectivity index (χ0n) is 17.5. The monoisotopic (exact) mass is 408 g/mol. The highest BCUT2D eigenvalue weighted by Gasteiger charge is 2.16. The molecule has 0 bridgehead atoms. The van der Waals surface area contributed by atoms with Crippen LogP contribution in [0.3, 0.4) is 0 Å². The minimum absolute atomic E-state index is 0.0364. The van der Waals surface area contributed by atoms with E-state index < -0.39 is 0 Å². The number of carbonyl (C=O) groups excluding carboxylic acids is 1. The Hall–Kier alpha value is -2.60. The van der Waals surface area contributed by atoms with E-state index in [1.165, 1.54) is 22.9 Å². The number of nitrogens with zero attached hydrogens (tertiary/aromatic N) is 3. The van der Waals surface area contributed by atoms with Crippen molar-refractivity contribution in [1.29, 1.82) is 0 Å². The predicted molar refractivity (Wildman–Crippen MR) is 119 cm³/mol. The fraction of sp³-hybridized carbons (Fsp3) is 0.348. The van der Waals surface area contributed by atoms with E-state index in [2.05, 4.69) is 52.1 Å². The topological polar surface area (TPSA) is 59.8 Å². The molecule has 6 heteroatoms. The Morgan fingerprint density at radius 2 is 1.86 bits per heavy atom. The molecule has 0 unspecified atom stereocenters. The van der Waals surface area contributed by atoms with Gasteiger partial charge in [0, 0.05) is 18.7 Å². The number of anilines is 1. The van der Waals surface area contributed by atoms with Gasteiger partial charge in [-0.2, -0.15) is 0 Å². The molecule has 0 aliphatic rings. The minimum atomic E-state index is -0.0364. The van der Waals surface area contributed by atoms with Crippen molar-refractivity contribution in [2.45, 2.75) is 45.8 Å². The van der Waals surface area contributed by atoms with Crippen molar-refractivity contribution >= 4 is 23.4 Å². The summed E-state index contributed by atoms with van der Waals surface area (Å²) in [6.07, 6.45) is 0.732. The molecular formula is C23H28N4OS. The van der Waals surface area contributed by atoms with Crippen molar-refractivity contribution in [2.75, 3.05) is 11.1 Å². The van der Waals surface area contributed by atoms with Crippen molar-refractivity contribution < 1.29 is 4.79 Å². The highest BCUT2D eigenvalue weighted by molar-refractivity contribution is 7.99. The van der Waals surface area contributed by atoms with Gasteiger partial charge in [0.05, 0.1) is 5.75 Å². The maximum absolute atomic E-state index is 12.5. The van der Waals surface area contributed by atoms with E-state index in [-0.39, 0.29) is 5.91 Å². The zero-order chi connectivity index (χ0) is 20.8. The first-order valence-corrected chi connectivity index (χ1v) is 10.9. The van der Waals surface area contributed by atoms with Crippen LogP contribution in [0.1, 0.15) is 36.4 Å². The first kappa shape index (κ1) is 21.1. The summed E-state index contributed by atoms with van der Waals surface area (Å²) in [5, 5.41) is 12.6. The van der Waals surface area contributed by atoms with Crippen molar-refractivity contribution in [1.82, 2.24) is 14.8 Å². The summed E-state index contributed by atoms with van der Waals surface area (Å²) in [7, 11) is 0. The summed E-state index contributed by atoms with van der Waals surface area (Å²) in [4.78, 5) is 12.5. The van der Waals surface area contributed by atoms with E-state index in [9.17, 15) is 4.79 Å². The third kappa shape index (κ3) is 5.94. The van der Waals surface area contributed by atoms with Gasteiger partial charge in [0.1, 0.15) is 5.82 Å². The second kappa shape index (κ2) is 9.74. The Labute approximate surface area is 176 Å². The lowest BCUT2D eigenvalue weighted by Gasteiger charge is -2.13. The highest BCUT2D eigenvalue weighted by Crippen LogP contribution is 2.22. The molecule has 5 nitrogen and oxygen atoms in total. The smallest absolute Gasteiger partial charge is 0.234 e. The van der Waals surface area contributed by atoms with E-state index in [1.54, 1.807) is 0 Å². The summed E-state index contributed by atoms with van der Waals surface area (Å²) < 4.78 is 2.15. The number of benzene rings is 2. The molecule has 3 rings (SSSR count). The molecule has 29 heavy (non-hydrogen) atoms. The summed E-state index contributed by atoms with van der Waals surface area (Å²) in [5.74, 6) is 1.66. The van der Waals surface area contributed by atoms with Crippen LogP contribution in [0.5, 0.6) is 0 Å². The van der Waals surface area contributed by atoms with Crippen LogP contribution in [-0.4, -0.2) is 26.4 Å². The quantitative estimate of drug-likeness (QED) is 0.540. The number of nitrogens with one attached hydrogen (secondary N) is 1. The molecule has 1 aromatic heterocycles. The third-order valence-electron chi connectivity index (χ3n) is 4.53. The first-order valence-electron chi connectivity index (χ1n) is 9.88. The van der Waals surface area contributed by atoms with Gasteiger partial charge in [-0.1, -0.05) is 73.6 Å². The summed E-state index contributed by atoms with van der Waals surface area (Å²) in [6.45, 7) is 9.23. The minimum Gasteiger partial charge on any atom is -0.325 e. The molecule has 0 radical (unpaired) electrons. The molecule has 1 amide bonds. The van der Waals surface area contributed by atoms with E-state index in [1.807, 2.05) is 44.2 Å². The Balaban J connectivity index is 1.68. The van der Waals surface area contributed by atoms with E-state index in [4.69, 9.17) is 0 Å². The molecule has 0 saturated heterocycles. The predicted octanol–water partition coefficient (Wildman–Crippen LogP) is 4.87. The summed E-state index contributed by atoms with van der Waals surface area (Å²) in [6, 6.07) is 16.3. The molecule has 0 atom stereocenters.